The zero-order chi connectivity index (χ0) is 10.7. The lowest BCUT2D eigenvalue weighted by Gasteiger charge is -2.12. The molecule has 1 atom stereocenters. The number of rotatable bonds is 4. The number of halogens is 3. The van der Waals surface area contributed by atoms with Crippen LogP contribution in [0.2, 0.25) is 0 Å². The molecule has 0 aromatic rings. The predicted molar refractivity (Wildman–Crippen MR) is 37.6 cm³/mol. The van der Waals surface area contributed by atoms with Gasteiger partial charge >= 0.3 is 6.18 Å². The summed E-state index contributed by atoms with van der Waals surface area (Å²) in [4.78, 5) is 0. The van der Waals surface area contributed by atoms with Crippen LogP contribution in [0.1, 0.15) is 6.42 Å². The van der Waals surface area contributed by atoms with Crippen molar-refractivity contribution in [2.45, 2.75) is 18.0 Å². The molecule has 8 heteroatoms. The summed E-state index contributed by atoms with van der Waals surface area (Å²) >= 11 is 0. The van der Waals surface area contributed by atoms with Crippen molar-refractivity contribution < 1.29 is 31.8 Å². The normalized spacial score (nSPS) is 15.8. The fourth-order valence-electron chi connectivity index (χ4n) is 0.614. The van der Waals surface area contributed by atoms with Gasteiger partial charge in [0, 0.05) is 13.0 Å². The quantitative estimate of drug-likeness (QED) is 0.682. The van der Waals surface area contributed by atoms with Crippen LogP contribution in [-0.2, 0) is 9.84 Å². The second-order valence-electron chi connectivity index (χ2n) is 2.39. The molecule has 0 aliphatic heterocycles. The average molecular weight is 222 g/mol. The van der Waals surface area contributed by atoms with Crippen LogP contribution in [-0.4, -0.2) is 42.6 Å². The summed E-state index contributed by atoms with van der Waals surface area (Å²) in [5.41, 5.74) is -2.15. The molecule has 0 heterocycles. The summed E-state index contributed by atoms with van der Waals surface area (Å²) in [5, 5.41) is 16.9. The van der Waals surface area contributed by atoms with Gasteiger partial charge in [-0.3, -0.25) is 0 Å². The van der Waals surface area contributed by atoms with Gasteiger partial charge in [0.2, 0.25) is 0 Å². The zero-order valence-electron chi connectivity index (χ0n) is 6.45. The smallest absolute Gasteiger partial charge is 0.396 e. The number of hydrogen-bond donors (Lipinski definition) is 2. The largest absolute Gasteiger partial charge is 0.402 e. The monoisotopic (exact) mass is 222 g/mol. The summed E-state index contributed by atoms with van der Waals surface area (Å²) < 4.78 is 56.1. The van der Waals surface area contributed by atoms with Crippen molar-refractivity contribution in [2.24, 2.45) is 0 Å². The molecule has 0 rings (SSSR count). The maximum Gasteiger partial charge on any atom is 0.402 e. The van der Waals surface area contributed by atoms with E-state index in [-0.39, 0.29) is 0 Å². The molecule has 0 aromatic carbocycles. The molecule has 2 N–H and O–H groups in total. The summed E-state index contributed by atoms with van der Waals surface area (Å²) in [6, 6.07) is 0. The van der Waals surface area contributed by atoms with E-state index >= 15 is 0 Å². The number of aliphatic hydroxyl groups excluding tert-OH is 2. The molecule has 0 saturated heterocycles. The minimum atomic E-state index is -4.87. The molecule has 0 amide bonds. The van der Waals surface area contributed by atoms with E-state index in [2.05, 4.69) is 0 Å². The topological polar surface area (TPSA) is 74.6 Å². The van der Waals surface area contributed by atoms with Crippen LogP contribution in [0.15, 0.2) is 0 Å². The van der Waals surface area contributed by atoms with Gasteiger partial charge in [0.15, 0.2) is 15.3 Å². The third-order valence-electron chi connectivity index (χ3n) is 1.16. The van der Waals surface area contributed by atoms with Gasteiger partial charge in [0.25, 0.3) is 0 Å². The number of aliphatic hydroxyl groups is 2. The second kappa shape index (κ2) is 4.25. The van der Waals surface area contributed by atoms with E-state index in [4.69, 9.17) is 10.2 Å². The molecule has 0 aliphatic rings. The van der Waals surface area contributed by atoms with E-state index in [1.54, 1.807) is 0 Å². The van der Waals surface area contributed by atoms with Crippen molar-refractivity contribution in [1.29, 1.82) is 0 Å². The Bertz CT molecular complexity index is 245. The molecule has 0 radical (unpaired) electrons. The minimum absolute atomic E-state index is 0.613. The highest BCUT2D eigenvalue weighted by Crippen LogP contribution is 2.19. The maximum absolute atomic E-state index is 11.6. The van der Waals surface area contributed by atoms with Crippen LogP contribution in [0.25, 0.3) is 0 Å². The van der Waals surface area contributed by atoms with E-state index in [0.717, 1.165) is 0 Å². The minimum Gasteiger partial charge on any atom is -0.396 e. The molecule has 13 heavy (non-hydrogen) atoms. The Morgan fingerprint density at radius 1 is 1.31 bits per heavy atom. The molecule has 0 bridgehead atoms. The highest BCUT2D eigenvalue weighted by molar-refractivity contribution is 7.91. The van der Waals surface area contributed by atoms with Gasteiger partial charge in [-0.25, -0.2) is 8.42 Å². The number of sulfone groups is 1. The highest BCUT2D eigenvalue weighted by atomic mass is 32.2. The van der Waals surface area contributed by atoms with Crippen molar-refractivity contribution in [3.8, 4) is 0 Å². The lowest BCUT2D eigenvalue weighted by molar-refractivity contribution is -0.106. The van der Waals surface area contributed by atoms with Gasteiger partial charge in [-0.1, -0.05) is 0 Å². The Hall–Kier alpha value is -0.340. The van der Waals surface area contributed by atoms with E-state index in [9.17, 15) is 21.6 Å². The molecular weight excluding hydrogens is 213 g/mol. The first kappa shape index (κ1) is 12.7. The molecule has 0 fully saturated rings. The van der Waals surface area contributed by atoms with Crippen LogP contribution in [0.3, 0.4) is 0 Å². The first-order chi connectivity index (χ1) is 5.69. The molecule has 1 unspecified atom stereocenters. The van der Waals surface area contributed by atoms with Gasteiger partial charge in [-0.2, -0.15) is 13.2 Å². The Labute approximate surface area is 72.9 Å². The van der Waals surface area contributed by atoms with Crippen molar-refractivity contribution in [3.63, 3.8) is 0 Å². The molecule has 0 aromatic heterocycles. The molecule has 0 saturated carbocycles. The Morgan fingerprint density at radius 2 is 1.77 bits per heavy atom. The Kier molecular flexibility index (Phi) is 4.14. The van der Waals surface area contributed by atoms with Gasteiger partial charge in [0.05, 0.1) is 0 Å². The van der Waals surface area contributed by atoms with Gasteiger partial charge < -0.3 is 10.2 Å². The van der Waals surface area contributed by atoms with Crippen molar-refractivity contribution >= 4 is 9.84 Å². The first-order valence-electron chi connectivity index (χ1n) is 3.26. The fraction of sp³-hybridized carbons (Fsp3) is 1.00. The van der Waals surface area contributed by atoms with Crippen LogP contribution in [0, 0.1) is 0 Å². The van der Waals surface area contributed by atoms with E-state index in [0.29, 0.717) is 0 Å². The van der Waals surface area contributed by atoms with Crippen LogP contribution in [0.4, 0.5) is 13.2 Å². The number of hydrogen-bond acceptors (Lipinski definition) is 4. The Balaban J connectivity index is 4.41. The van der Waals surface area contributed by atoms with Crippen LogP contribution < -0.4 is 0 Å². The van der Waals surface area contributed by atoms with Gasteiger partial charge in [0.1, 0.15) is 5.75 Å². The first-order valence-corrected chi connectivity index (χ1v) is 4.98. The van der Waals surface area contributed by atoms with E-state index < -0.39 is 40.2 Å². The SMILES string of the molecule is O=S(=O)(CC(F)(F)F)C(O)CCO. The zero-order valence-corrected chi connectivity index (χ0v) is 7.27. The van der Waals surface area contributed by atoms with Gasteiger partial charge in [-0.05, 0) is 0 Å². The van der Waals surface area contributed by atoms with Crippen LogP contribution in [0.5, 0.6) is 0 Å². The third kappa shape index (κ3) is 5.06. The summed E-state index contributed by atoms with van der Waals surface area (Å²) in [5.74, 6) is -2.07. The van der Waals surface area contributed by atoms with Crippen molar-refractivity contribution in [2.75, 3.05) is 12.4 Å². The average Bonchev–Trinajstić information content (AvgIpc) is 1.82. The predicted octanol–water partition coefficient (Wildman–Crippen LogP) is -0.336. The van der Waals surface area contributed by atoms with Gasteiger partial charge in [-0.15, -0.1) is 0 Å². The highest BCUT2D eigenvalue weighted by Gasteiger charge is 2.38. The lowest BCUT2D eigenvalue weighted by Crippen LogP contribution is -2.32. The molecular formula is C5H9F3O4S. The standard InChI is InChI=1S/C5H9F3O4S/c6-5(7,8)3-13(11,12)4(10)1-2-9/h4,9-10H,1-3H2. The number of alkyl halides is 3. The van der Waals surface area contributed by atoms with Crippen molar-refractivity contribution in [1.82, 2.24) is 0 Å². The van der Waals surface area contributed by atoms with Crippen LogP contribution >= 0.6 is 0 Å². The lowest BCUT2D eigenvalue weighted by atomic mass is 10.5. The second-order valence-corrected chi connectivity index (χ2v) is 4.55. The molecule has 0 aliphatic carbocycles. The maximum atomic E-state index is 11.6. The van der Waals surface area contributed by atoms with Crippen molar-refractivity contribution in [3.05, 3.63) is 0 Å². The summed E-state index contributed by atoms with van der Waals surface area (Å²) in [6.45, 7) is -0.682. The van der Waals surface area contributed by atoms with E-state index in [1.807, 2.05) is 0 Å². The van der Waals surface area contributed by atoms with E-state index in [1.165, 1.54) is 0 Å². The molecule has 80 valence electrons. The summed E-state index contributed by atoms with van der Waals surface area (Å²) in [6.07, 6.45) is -5.48. The Morgan fingerprint density at radius 3 is 2.08 bits per heavy atom. The molecule has 4 nitrogen and oxygen atoms in total. The molecule has 0 spiro atoms. The summed E-state index contributed by atoms with van der Waals surface area (Å²) in [7, 11) is -4.61. The third-order valence-corrected chi connectivity index (χ3v) is 2.95. The fourth-order valence-corrected chi connectivity index (χ4v) is 1.73.